The number of carbonyl (C=O) groups is 1. The number of rotatable bonds is 5. The summed E-state index contributed by atoms with van der Waals surface area (Å²) in [6.45, 7) is 0. The van der Waals surface area contributed by atoms with Crippen molar-refractivity contribution < 1.29 is 13.6 Å². The maximum atomic E-state index is 13.5. The minimum absolute atomic E-state index is 0.00973. The molecule has 0 bridgehead atoms. The number of nitrogens with one attached hydrogen (secondary N) is 1. The van der Waals surface area contributed by atoms with Crippen LogP contribution < -0.4 is 11.1 Å². The lowest BCUT2D eigenvalue weighted by atomic mass is 10.2. The first kappa shape index (κ1) is 14.5. The van der Waals surface area contributed by atoms with Crippen molar-refractivity contribution >= 4 is 28.6 Å². The molecule has 20 heavy (non-hydrogen) atoms. The minimum Gasteiger partial charge on any atom is -0.397 e. The van der Waals surface area contributed by atoms with Gasteiger partial charge < -0.3 is 11.1 Å². The molecule has 1 amide bonds. The standard InChI is InChI=1S/C14H14F2N2OS/c15-10-6-7-11(17)14(13(10)16)18-12(19)5-1-3-9-4-2-8-20-9/h2,4,6-8H,1,3,5,17H2,(H,18,19). The SMILES string of the molecule is Nc1ccc(F)c(F)c1NC(=O)CCCc1cccs1. The molecule has 3 nitrogen and oxygen atoms in total. The monoisotopic (exact) mass is 296 g/mol. The van der Waals surface area contributed by atoms with Crippen LogP contribution in [-0.2, 0) is 11.2 Å². The predicted octanol–water partition coefficient (Wildman–Crippen LogP) is 3.57. The summed E-state index contributed by atoms with van der Waals surface area (Å²) >= 11 is 1.62. The molecule has 0 radical (unpaired) electrons. The van der Waals surface area contributed by atoms with Gasteiger partial charge >= 0.3 is 0 Å². The predicted molar refractivity (Wildman–Crippen MR) is 76.7 cm³/mol. The van der Waals surface area contributed by atoms with Gasteiger partial charge in [0.2, 0.25) is 5.91 Å². The first-order valence-corrected chi connectivity index (χ1v) is 7.01. The molecular weight excluding hydrogens is 282 g/mol. The van der Waals surface area contributed by atoms with Crippen LogP contribution in [0.1, 0.15) is 17.7 Å². The highest BCUT2D eigenvalue weighted by Crippen LogP contribution is 2.24. The second-order valence-corrected chi connectivity index (χ2v) is 5.34. The Labute approximate surface area is 119 Å². The molecule has 0 aliphatic rings. The quantitative estimate of drug-likeness (QED) is 0.829. The van der Waals surface area contributed by atoms with Crippen molar-refractivity contribution in [3.05, 3.63) is 46.2 Å². The fourth-order valence-corrected chi connectivity index (χ4v) is 2.52. The van der Waals surface area contributed by atoms with Crippen LogP contribution in [0.25, 0.3) is 0 Å². The van der Waals surface area contributed by atoms with E-state index < -0.39 is 11.6 Å². The third-order valence-corrected chi connectivity index (χ3v) is 3.73. The Hall–Kier alpha value is -1.95. The van der Waals surface area contributed by atoms with Crippen molar-refractivity contribution in [2.75, 3.05) is 11.1 Å². The summed E-state index contributed by atoms with van der Waals surface area (Å²) in [5.74, 6) is -2.54. The lowest BCUT2D eigenvalue weighted by Crippen LogP contribution is -2.14. The van der Waals surface area contributed by atoms with Crippen LogP contribution in [0.4, 0.5) is 20.2 Å². The van der Waals surface area contributed by atoms with E-state index in [0.29, 0.717) is 6.42 Å². The normalized spacial score (nSPS) is 10.5. The highest BCUT2D eigenvalue weighted by atomic mass is 32.1. The van der Waals surface area contributed by atoms with Crippen LogP contribution in [0.15, 0.2) is 29.6 Å². The van der Waals surface area contributed by atoms with Gasteiger partial charge in [0, 0.05) is 11.3 Å². The summed E-state index contributed by atoms with van der Waals surface area (Å²) in [5.41, 5.74) is 5.25. The van der Waals surface area contributed by atoms with Crippen LogP contribution in [0.2, 0.25) is 0 Å². The Morgan fingerprint density at radius 2 is 2.10 bits per heavy atom. The van der Waals surface area contributed by atoms with E-state index in [1.165, 1.54) is 10.9 Å². The van der Waals surface area contributed by atoms with Crippen molar-refractivity contribution in [2.45, 2.75) is 19.3 Å². The molecule has 2 rings (SSSR count). The second kappa shape index (κ2) is 6.47. The zero-order valence-electron chi connectivity index (χ0n) is 10.7. The van der Waals surface area contributed by atoms with E-state index >= 15 is 0 Å². The maximum Gasteiger partial charge on any atom is 0.224 e. The summed E-state index contributed by atoms with van der Waals surface area (Å²) in [6.07, 6.45) is 1.66. The number of anilines is 2. The van der Waals surface area contributed by atoms with Gasteiger partial charge in [-0.1, -0.05) is 6.07 Å². The number of halogens is 2. The first-order valence-electron chi connectivity index (χ1n) is 6.13. The topological polar surface area (TPSA) is 55.1 Å². The average molecular weight is 296 g/mol. The summed E-state index contributed by atoms with van der Waals surface area (Å²) in [7, 11) is 0. The molecule has 3 N–H and O–H groups in total. The molecule has 0 fully saturated rings. The van der Waals surface area contributed by atoms with Gasteiger partial charge in [0.15, 0.2) is 11.6 Å². The molecule has 0 atom stereocenters. The molecule has 6 heteroatoms. The van der Waals surface area contributed by atoms with Gasteiger partial charge in [0.1, 0.15) is 5.69 Å². The number of aryl methyl sites for hydroxylation is 1. The highest BCUT2D eigenvalue weighted by Gasteiger charge is 2.14. The zero-order valence-corrected chi connectivity index (χ0v) is 11.5. The zero-order chi connectivity index (χ0) is 14.5. The van der Waals surface area contributed by atoms with Crippen LogP contribution in [-0.4, -0.2) is 5.91 Å². The number of hydrogen-bond acceptors (Lipinski definition) is 3. The maximum absolute atomic E-state index is 13.5. The second-order valence-electron chi connectivity index (χ2n) is 4.31. The van der Waals surface area contributed by atoms with Gasteiger partial charge in [-0.15, -0.1) is 11.3 Å². The lowest BCUT2D eigenvalue weighted by molar-refractivity contribution is -0.116. The Morgan fingerprint density at radius 3 is 2.80 bits per heavy atom. The van der Waals surface area contributed by atoms with Gasteiger partial charge in [0.05, 0.1) is 5.69 Å². The molecule has 0 aliphatic carbocycles. The number of amides is 1. The van der Waals surface area contributed by atoms with Gasteiger partial charge in [-0.25, -0.2) is 8.78 Å². The van der Waals surface area contributed by atoms with E-state index in [1.807, 2.05) is 17.5 Å². The molecule has 106 valence electrons. The van der Waals surface area contributed by atoms with Gasteiger partial charge in [-0.05, 0) is 36.4 Å². The number of nitrogens with two attached hydrogens (primary N) is 1. The highest BCUT2D eigenvalue weighted by molar-refractivity contribution is 7.09. The number of nitrogen functional groups attached to an aromatic ring is 1. The van der Waals surface area contributed by atoms with Gasteiger partial charge in [-0.2, -0.15) is 0 Å². The third kappa shape index (κ3) is 3.54. The van der Waals surface area contributed by atoms with Crippen LogP contribution >= 0.6 is 11.3 Å². The largest absolute Gasteiger partial charge is 0.397 e. The Balaban J connectivity index is 1.90. The van der Waals surface area contributed by atoms with Crippen molar-refractivity contribution in [1.82, 2.24) is 0 Å². The van der Waals surface area contributed by atoms with Gasteiger partial charge in [0.25, 0.3) is 0 Å². The molecule has 0 saturated carbocycles. The average Bonchev–Trinajstić information content (AvgIpc) is 2.92. The fraction of sp³-hybridized carbons (Fsp3) is 0.214. The number of thiophene rings is 1. The molecule has 1 aromatic carbocycles. The van der Waals surface area contributed by atoms with Crippen molar-refractivity contribution in [1.29, 1.82) is 0 Å². The summed E-state index contributed by atoms with van der Waals surface area (Å²) in [6, 6.07) is 6.09. The molecule has 2 aromatic rings. The minimum atomic E-state index is -1.13. The van der Waals surface area contributed by atoms with Gasteiger partial charge in [-0.3, -0.25) is 4.79 Å². The van der Waals surface area contributed by atoms with Crippen molar-refractivity contribution in [3.63, 3.8) is 0 Å². The molecule has 1 aromatic heterocycles. The molecule has 0 aliphatic heterocycles. The van der Waals surface area contributed by atoms with Crippen LogP contribution in [0, 0.1) is 11.6 Å². The summed E-state index contributed by atoms with van der Waals surface area (Å²) in [5, 5.41) is 4.29. The molecular formula is C14H14F2N2OS. The molecule has 0 spiro atoms. The van der Waals surface area contributed by atoms with Crippen molar-refractivity contribution in [3.8, 4) is 0 Å². The molecule has 1 heterocycles. The van der Waals surface area contributed by atoms with E-state index in [2.05, 4.69) is 5.32 Å². The lowest BCUT2D eigenvalue weighted by Gasteiger charge is -2.09. The fourth-order valence-electron chi connectivity index (χ4n) is 1.77. The summed E-state index contributed by atoms with van der Waals surface area (Å²) in [4.78, 5) is 12.9. The summed E-state index contributed by atoms with van der Waals surface area (Å²) < 4.78 is 26.6. The van der Waals surface area contributed by atoms with E-state index in [9.17, 15) is 13.6 Å². The van der Waals surface area contributed by atoms with Crippen molar-refractivity contribution in [2.24, 2.45) is 0 Å². The first-order chi connectivity index (χ1) is 9.58. The van der Waals surface area contributed by atoms with E-state index in [0.717, 1.165) is 12.5 Å². The Kier molecular flexibility index (Phi) is 4.68. The van der Waals surface area contributed by atoms with Crippen LogP contribution in [0.5, 0.6) is 0 Å². The molecule has 0 unspecified atom stereocenters. The smallest absolute Gasteiger partial charge is 0.224 e. The third-order valence-electron chi connectivity index (χ3n) is 2.80. The number of benzene rings is 1. The Morgan fingerprint density at radius 1 is 1.30 bits per heavy atom. The Bertz CT molecular complexity index is 599. The van der Waals surface area contributed by atoms with E-state index in [4.69, 9.17) is 5.73 Å². The number of hydrogen-bond donors (Lipinski definition) is 2. The van der Waals surface area contributed by atoms with E-state index in [1.54, 1.807) is 11.3 Å². The molecule has 0 saturated heterocycles. The number of carbonyl (C=O) groups excluding carboxylic acids is 1. The van der Waals surface area contributed by atoms with E-state index in [-0.39, 0.29) is 23.7 Å². The van der Waals surface area contributed by atoms with Crippen LogP contribution in [0.3, 0.4) is 0 Å².